The molecule has 1 aliphatic rings. The van der Waals surface area contributed by atoms with Crippen LogP contribution in [0.15, 0.2) is 36.5 Å². The van der Waals surface area contributed by atoms with E-state index in [9.17, 15) is 0 Å². The fourth-order valence-corrected chi connectivity index (χ4v) is 2.43. The summed E-state index contributed by atoms with van der Waals surface area (Å²) in [4.78, 5) is 8.55. The molecule has 0 bridgehead atoms. The summed E-state index contributed by atoms with van der Waals surface area (Å²) in [5.74, 6) is 1.37. The molecule has 0 amide bonds. The van der Waals surface area contributed by atoms with Crippen molar-refractivity contribution < 1.29 is 0 Å². The van der Waals surface area contributed by atoms with Crippen LogP contribution in [0.25, 0.3) is 16.7 Å². The van der Waals surface area contributed by atoms with E-state index in [0.717, 1.165) is 22.4 Å². The van der Waals surface area contributed by atoms with Crippen LogP contribution in [0.1, 0.15) is 24.5 Å². The fourth-order valence-electron chi connectivity index (χ4n) is 2.26. The Bertz CT molecular complexity index is 761. The zero-order valence-corrected chi connectivity index (χ0v) is 10.9. The summed E-state index contributed by atoms with van der Waals surface area (Å²) in [5.41, 5.74) is 1.97. The quantitative estimate of drug-likeness (QED) is 0.671. The molecule has 1 fully saturated rings. The molecule has 3 aromatic rings. The zero-order valence-electron chi connectivity index (χ0n) is 10.1. The second-order valence-corrected chi connectivity index (χ2v) is 5.13. The largest absolute Gasteiger partial charge is 0.224 e. The summed E-state index contributed by atoms with van der Waals surface area (Å²) in [5, 5.41) is 5.80. The number of aromatic nitrogens is 4. The van der Waals surface area contributed by atoms with E-state index in [0.29, 0.717) is 5.92 Å². The third-order valence-electron chi connectivity index (χ3n) is 3.38. The van der Waals surface area contributed by atoms with Gasteiger partial charge in [-0.1, -0.05) is 12.1 Å². The maximum atomic E-state index is 5.99. The lowest BCUT2D eigenvalue weighted by Gasteiger charge is -2.05. The molecule has 0 saturated heterocycles. The van der Waals surface area contributed by atoms with E-state index in [4.69, 9.17) is 11.6 Å². The highest BCUT2D eigenvalue weighted by atomic mass is 35.5. The molecule has 4 nitrogen and oxygen atoms in total. The van der Waals surface area contributed by atoms with Crippen LogP contribution < -0.4 is 0 Å². The van der Waals surface area contributed by atoms with Crippen LogP contribution in [0.4, 0.5) is 0 Å². The Kier molecular flexibility index (Phi) is 2.32. The Morgan fingerprint density at radius 1 is 1.11 bits per heavy atom. The highest BCUT2D eigenvalue weighted by Crippen LogP contribution is 2.39. The first-order valence-electron chi connectivity index (χ1n) is 6.29. The molecule has 0 aliphatic heterocycles. The number of rotatable bonds is 2. The molecule has 2 heterocycles. The van der Waals surface area contributed by atoms with E-state index >= 15 is 0 Å². The molecule has 19 heavy (non-hydrogen) atoms. The van der Waals surface area contributed by atoms with Gasteiger partial charge in [-0.3, -0.25) is 0 Å². The molecule has 1 aliphatic carbocycles. The van der Waals surface area contributed by atoms with Crippen LogP contribution in [-0.4, -0.2) is 19.7 Å². The van der Waals surface area contributed by atoms with E-state index in [1.165, 1.54) is 12.8 Å². The topological polar surface area (TPSA) is 43.6 Å². The van der Waals surface area contributed by atoms with Gasteiger partial charge in [-0.25, -0.2) is 9.67 Å². The summed E-state index contributed by atoms with van der Waals surface area (Å²) < 4.78 is 1.80. The van der Waals surface area contributed by atoms with Crippen molar-refractivity contribution in [2.24, 2.45) is 0 Å². The van der Waals surface area contributed by atoms with Crippen molar-refractivity contribution in [3.8, 4) is 5.82 Å². The lowest BCUT2D eigenvalue weighted by Crippen LogP contribution is -2.02. The molecule has 0 N–H and O–H groups in total. The lowest BCUT2D eigenvalue weighted by atomic mass is 10.2. The van der Waals surface area contributed by atoms with Gasteiger partial charge in [-0.15, -0.1) is 0 Å². The number of hydrogen-bond acceptors (Lipinski definition) is 3. The minimum atomic E-state index is 0.247. The molecule has 0 radical (unpaired) electrons. The first-order valence-corrected chi connectivity index (χ1v) is 6.67. The maximum Gasteiger partial charge on any atom is 0.224 e. The van der Waals surface area contributed by atoms with Crippen LogP contribution >= 0.6 is 11.6 Å². The highest BCUT2D eigenvalue weighted by molar-refractivity contribution is 6.28. The average Bonchev–Trinajstić information content (AvgIpc) is 3.16. The first-order chi connectivity index (χ1) is 9.31. The van der Waals surface area contributed by atoms with Crippen molar-refractivity contribution in [2.45, 2.75) is 18.8 Å². The molecule has 1 saturated carbocycles. The fraction of sp³-hybridized carbons (Fsp3) is 0.214. The predicted molar refractivity (Wildman–Crippen MR) is 73.6 cm³/mol. The number of hydrogen-bond donors (Lipinski definition) is 0. The number of fused-ring (bicyclic) bond motifs is 1. The molecule has 4 rings (SSSR count). The summed E-state index contributed by atoms with van der Waals surface area (Å²) >= 11 is 5.99. The van der Waals surface area contributed by atoms with Crippen molar-refractivity contribution in [2.75, 3.05) is 0 Å². The molecule has 0 unspecified atom stereocenters. The van der Waals surface area contributed by atoms with Crippen LogP contribution in [0.5, 0.6) is 0 Å². The minimum absolute atomic E-state index is 0.247. The summed E-state index contributed by atoms with van der Waals surface area (Å²) in [6.07, 6.45) is 4.42. The summed E-state index contributed by atoms with van der Waals surface area (Å²) in [6, 6.07) is 9.88. The third kappa shape index (κ3) is 1.88. The summed E-state index contributed by atoms with van der Waals surface area (Å²) in [6.45, 7) is 0. The predicted octanol–water partition coefficient (Wildman–Crippen LogP) is 3.35. The summed E-state index contributed by atoms with van der Waals surface area (Å²) in [7, 11) is 0. The van der Waals surface area contributed by atoms with Gasteiger partial charge in [0, 0.05) is 17.5 Å². The normalized spacial score (nSPS) is 15.0. The van der Waals surface area contributed by atoms with Gasteiger partial charge in [-0.2, -0.15) is 10.1 Å². The minimum Gasteiger partial charge on any atom is -0.222 e. The number of benzene rings is 1. The van der Waals surface area contributed by atoms with Crippen LogP contribution in [0.3, 0.4) is 0 Å². The number of halogens is 1. The first kappa shape index (κ1) is 10.9. The standard InChI is InChI=1S/C14H11ClN4/c15-14-16-12-4-2-1-3-10(12)13(17-14)19-8-7-11(18-19)9-5-6-9/h1-4,7-9H,5-6H2. The third-order valence-corrected chi connectivity index (χ3v) is 3.55. The van der Waals surface area contributed by atoms with Gasteiger partial charge in [0.25, 0.3) is 0 Å². The van der Waals surface area contributed by atoms with Gasteiger partial charge in [0.1, 0.15) is 0 Å². The van der Waals surface area contributed by atoms with E-state index in [-0.39, 0.29) is 5.28 Å². The van der Waals surface area contributed by atoms with Crippen molar-refractivity contribution in [3.63, 3.8) is 0 Å². The van der Waals surface area contributed by atoms with Crippen LogP contribution in [0.2, 0.25) is 5.28 Å². The van der Waals surface area contributed by atoms with Crippen molar-refractivity contribution >= 4 is 22.5 Å². The molecule has 1 aromatic carbocycles. The smallest absolute Gasteiger partial charge is 0.222 e. The highest BCUT2D eigenvalue weighted by Gasteiger charge is 2.26. The maximum absolute atomic E-state index is 5.99. The SMILES string of the molecule is Clc1nc(-n2ccc(C3CC3)n2)c2ccccc2n1. The van der Waals surface area contributed by atoms with Gasteiger partial charge in [0.2, 0.25) is 5.28 Å². The molecular formula is C14H11ClN4. The van der Waals surface area contributed by atoms with E-state index in [2.05, 4.69) is 21.1 Å². The Hall–Kier alpha value is -1.94. The molecule has 94 valence electrons. The van der Waals surface area contributed by atoms with Crippen LogP contribution in [-0.2, 0) is 0 Å². The van der Waals surface area contributed by atoms with Gasteiger partial charge in [0.05, 0.1) is 11.2 Å². The number of para-hydroxylation sites is 1. The Morgan fingerprint density at radius 2 is 1.95 bits per heavy atom. The molecule has 0 atom stereocenters. The van der Waals surface area contributed by atoms with E-state index in [1.54, 1.807) is 4.68 Å². The molecular weight excluding hydrogens is 260 g/mol. The Morgan fingerprint density at radius 3 is 2.79 bits per heavy atom. The van der Waals surface area contributed by atoms with E-state index in [1.807, 2.05) is 30.5 Å². The second kappa shape index (κ2) is 4.03. The number of nitrogens with zero attached hydrogens (tertiary/aromatic N) is 4. The average molecular weight is 271 g/mol. The zero-order chi connectivity index (χ0) is 12.8. The van der Waals surface area contributed by atoms with Gasteiger partial charge in [0.15, 0.2) is 5.82 Å². The molecule has 2 aromatic heterocycles. The van der Waals surface area contributed by atoms with Crippen molar-refractivity contribution in [3.05, 3.63) is 47.5 Å². The molecule has 5 heteroatoms. The molecule has 0 spiro atoms. The van der Waals surface area contributed by atoms with E-state index < -0.39 is 0 Å². The Labute approximate surface area is 115 Å². The van der Waals surface area contributed by atoms with Gasteiger partial charge in [-0.05, 0) is 42.6 Å². The van der Waals surface area contributed by atoms with Gasteiger partial charge >= 0.3 is 0 Å². The second-order valence-electron chi connectivity index (χ2n) is 4.79. The Balaban J connectivity index is 1.92. The van der Waals surface area contributed by atoms with Crippen molar-refractivity contribution in [1.82, 2.24) is 19.7 Å². The monoisotopic (exact) mass is 270 g/mol. The van der Waals surface area contributed by atoms with Crippen molar-refractivity contribution in [1.29, 1.82) is 0 Å². The van der Waals surface area contributed by atoms with Gasteiger partial charge < -0.3 is 0 Å². The van der Waals surface area contributed by atoms with Crippen LogP contribution in [0, 0.1) is 0 Å². The lowest BCUT2D eigenvalue weighted by molar-refractivity contribution is 0.816.